The third-order valence-electron chi connectivity index (χ3n) is 6.53. The predicted molar refractivity (Wildman–Crippen MR) is 158 cm³/mol. The van der Waals surface area contributed by atoms with Crippen LogP contribution >= 0.6 is 0 Å². The van der Waals surface area contributed by atoms with E-state index in [0.29, 0.717) is 11.6 Å². The van der Waals surface area contributed by atoms with E-state index in [1.165, 1.54) is 11.0 Å². The van der Waals surface area contributed by atoms with Crippen LogP contribution in [0.5, 0.6) is 11.6 Å². The lowest BCUT2D eigenvalue weighted by Gasteiger charge is -2.28. The van der Waals surface area contributed by atoms with E-state index in [1.807, 2.05) is 39.0 Å². The lowest BCUT2D eigenvalue weighted by atomic mass is 9.95. The normalized spacial score (nSPS) is 18.1. The molecule has 11 heteroatoms. The van der Waals surface area contributed by atoms with E-state index >= 15 is 0 Å². The summed E-state index contributed by atoms with van der Waals surface area (Å²) in [5.41, 5.74) is 4.70. The van der Waals surface area contributed by atoms with Gasteiger partial charge in [-0.25, -0.2) is 9.78 Å². The Labute approximate surface area is 246 Å². The molecule has 11 nitrogen and oxygen atoms in total. The summed E-state index contributed by atoms with van der Waals surface area (Å²) in [6, 6.07) is 5.19. The standard InChI is InChI=1S/C31H42N4O7/c1-30(2,3)14-12-20(36)8-11-24(34-29(39)42-31(4,5)6)28(38)35-18-22(17-25(35)26(32)37)41-27-23-10-9-21(40-7)16-19(23)13-15-33-27/h9-10,12-16,22,24-25H,8,11,17-18H2,1-7H3,(H2,32,37)(H,34,39)/b14-12-/t22-,24+,25+/m1/s1. The Kier molecular flexibility index (Phi) is 10.2. The van der Waals surface area contributed by atoms with Gasteiger partial charge >= 0.3 is 6.09 Å². The fourth-order valence-electron chi connectivity index (χ4n) is 4.52. The Balaban J connectivity index is 1.81. The summed E-state index contributed by atoms with van der Waals surface area (Å²) in [5.74, 6) is -0.426. The molecule has 3 atom stereocenters. The monoisotopic (exact) mass is 582 g/mol. The van der Waals surface area contributed by atoms with Crippen molar-refractivity contribution >= 4 is 34.5 Å². The highest BCUT2D eigenvalue weighted by Crippen LogP contribution is 2.30. The molecule has 1 saturated heterocycles. The van der Waals surface area contributed by atoms with Gasteiger partial charge in [0, 0.05) is 24.4 Å². The second-order valence-corrected chi connectivity index (χ2v) is 12.5. The van der Waals surface area contributed by atoms with Gasteiger partial charge in [0.05, 0.1) is 13.7 Å². The maximum absolute atomic E-state index is 13.8. The molecule has 228 valence electrons. The number of hydrogen-bond donors (Lipinski definition) is 2. The van der Waals surface area contributed by atoms with Crippen molar-refractivity contribution in [1.82, 2.24) is 15.2 Å². The lowest BCUT2D eigenvalue weighted by Crippen LogP contribution is -2.53. The van der Waals surface area contributed by atoms with Gasteiger partial charge in [-0.1, -0.05) is 26.8 Å². The lowest BCUT2D eigenvalue weighted by molar-refractivity contribution is -0.139. The van der Waals surface area contributed by atoms with Gasteiger partial charge in [-0.05, 0) is 68.3 Å². The van der Waals surface area contributed by atoms with Crippen molar-refractivity contribution in [3.63, 3.8) is 0 Å². The number of pyridine rings is 1. The summed E-state index contributed by atoms with van der Waals surface area (Å²) in [4.78, 5) is 57.1. The van der Waals surface area contributed by atoms with Gasteiger partial charge in [-0.15, -0.1) is 0 Å². The molecule has 42 heavy (non-hydrogen) atoms. The van der Waals surface area contributed by atoms with Crippen LogP contribution in [0.25, 0.3) is 10.8 Å². The largest absolute Gasteiger partial charge is 0.497 e. The summed E-state index contributed by atoms with van der Waals surface area (Å²) in [6.45, 7) is 11.0. The molecule has 0 saturated carbocycles. The number of rotatable bonds is 10. The number of fused-ring (bicyclic) bond motifs is 1. The van der Waals surface area contributed by atoms with E-state index in [0.717, 1.165) is 10.8 Å². The Morgan fingerprint density at radius 2 is 1.86 bits per heavy atom. The second-order valence-electron chi connectivity index (χ2n) is 12.5. The zero-order valence-corrected chi connectivity index (χ0v) is 25.4. The van der Waals surface area contributed by atoms with Gasteiger partial charge in [0.25, 0.3) is 0 Å². The molecule has 3 N–H and O–H groups in total. The van der Waals surface area contributed by atoms with Crippen LogP contribution in [0.4, 0.5) is 4.79 Å². The van der Waals surface area contributed by atoms with Crippen molar-refractivity contribution in [2.45, 2.75) is 84.6 Å². The predicted octanol–water partition coefficient (Wildman–Crippen LogP) is 3.92. The first-order valence-electron chi connectivity index (χ1n) is 14.0. The molecule has 0 radical (unpaired) electrons. The molecule has 0 bridgehead atoms. The van der Waals surface area contributed by atoms with Crippen LogP contribution in [0.1, 0.15) is 60.8 Å². The molecule has 3 rings (SSSR count). The van der Waals surface area contributed by atoms with Crippen LogP contribution in [-0.4, -0.2) is 71.0 Å². The smallest absolute Gasteiger partial charge is 0.408 e. The van der Waals surface area contributed by atoms with E-state index in [9.17, 15) is 19.2 Å². The maximum Gasteiger partial charge on any atom is 0.408 e. The van der Waals surface area contributed by atoms with E-state index < -0.39 is 41.7 Å². The van der Waals surface area contributed by atoms with Crippen LogP contribution < -0.4 is 20.5 Å². The van der Waals surface area contributed by atoms with Crippen molar-refractivity contribution in [1.29, 1.82) is 0 Å². The van der Waals surface area contributed by atoms with Gasteiger partial charge in [0.15, 0.2) is 5.78 Å². The summed E-state index contributed by atoms with van der Waals surface area (Å²) in [7, 11) is 1.58. The van der Waals surface area contributed by atoms with Crippen molar-refractivity contribution < 1.29 is 33.4 Å². The first-order valence-corrected chi connectivity index (χ1v) is 14.0. The molecule has 3 amide bonds. The van der Waals surface area contributed by atoms with Crippen molar-refractivity contribution in [3.05, 3.63) is 42.6 Å². The first kappa shape index (κ1) is 32.4. The molecule has 1 aromatic carbocycles. The maximum atomic E-state index is 13.8. The Bertz CT molecular complexity index is 1340. The van der Waals surface area contributed by atoms with E-state index in [1.54, 1.807) is 46.2 Å². The summed E-state index contributed by atoms with van der Waals surface area (Å²) in [6.07, 6.45) is 3.61. The van der Waals surface area contributed by atoms with Crippen LogP contribution in [0.3, 0.4) is 0 Å². The number of alkyl carbamates (subject to hydrolysis) is 1. The SMILES string of the molecule is COc1ccc2c(O[C@@H]3C[C@@H](C(N)=O)N(C(=O)[C@H](CCC(=O)/C=C\C(C)(C)C)NC(=O)OC(C)(C)C)C3)nccc2c1. The molecule has 1 aliphatic rings. The molecule has 1 fully saturated rings. The minimum absolute atomic E-state index is 0.00280. The number of allylic oxidation sites excluding steroid dienone is 2. The number of aromatic nitrogens is 1. The minimum Gasteiger partial charge on any atom is -0.497 e. The summed E-state index contributed by atoms with van der Waals surface area (Å²) in [5, 5.41) is 4.18. The van der Waals surface area contributed by atoms with E-state index in [4.69, 9.17) is 19.9 Å². The third-order valence-corrected chi connectivity index (χ3v) is 6.53. The average Bonchev–Trinajstić information content (AvgIpc) is 3.32. The highest BCUT2D eigenvalue weighted by molar-refractivity contribution is 5.93. The van der Waals surface area contributed by atoms with Crippen molar-refractivity contribution in [3.8, 4) is 11.6 Å². The number of nitrogens with two attached hydrogens (primary N) is 1. The molecule has 0 aliphatic carbocycles. The summed E-state index contributed by atoms with van der Waals surface area (Å²) < 4.78 is 16.8. The molecule has 0 spiro atoms. The number of nitrogens with one attached hydrogen (secondary N) is 1. The topological polar surface area (TPSA) is 150 Å². The minimum atomic E-state index is -1.13. The van der Waals surface area contributed by atoms with Crippen LogP contribution in [0, 0.1) is 5.41 Å². The number of carbonyl (C=O) groups excluding carboxylic acids is 4. The number of ketones is 1. The Morgan fingerprint density at radius 3 is 2.48 bits per heavy atom. The third kappa shape index (κ3) is 9.19. The Hall–Kier alpha value is -4.15. The zero-order chi connectivity index (χ0) is 31.2. The van der Waals surface area contributed by atoms with Crippen LogP contribution in [-0.2, 0) is 19.1 Å². The van der Waals surface area contributed by atoms with Gasteiger partial charge in [-0.2, -0.15) is 0 Å². The number of hydrogen-bond acceptors (Lipinski definition) is 8. The van der Waals surface area contributed by atoms with E-state index in [-0.39, 0.29) is 37.0 Å². The van der Waals surface area contributed by atoms with Crippen molar-refractivity contribution in [2.75, 3.05) is 13.7 Å². The fraction of sp³-hybridized carbons (Fsp3) is 0.516. The molecule has 2 heterocycles. The molecular weight excluding hydrogens is 540 g/mol. The van der Waals surface area contributed by atoms with Crippen molar-refractivity contribution in [2.24, 2.45) is 11.1 Å². The molecule has 0 unspecified atom stereocenters. The van der Waals surface area contributed by atoms with Gasteiger partial charge in [0.2, 0.25) is 17.7 Å². The molecule has 1 aromatic heterocycles. The first-order chi connectivity index (χ1) is 19.6. The van der Waals surface area contributed by atoms with Gasteiger partial charge in [0.1, 0.15) is 29.5 Å². The number of ether oxygens (including phenoxy) is 3. The zero-order valence-electron chi connectivity index (χ0n) is 25.4. The highest BCUT2D eigenvalue weighted by Gasteiger charge is 2.42. The quantitative estimate of drug-likeness (QED) is 0.400. The Morgan fingerprint density at radius 1 is 1.14 bits per heavy atom. The average molecular weight is 583 g/mol. The van der Waals surface area contributed by atoms with Gasteiger partial charge < -0.3 is 30.2 Å². The molecule has 2 aromatic rings. The number of benzene rings is 1. The van der Waals surface area contributed by atoms with E-state index in [2.05, 4.69) is 10.3 Å². The number of likely N-dealkylation sites (tertiary alicyclic amines) is 1. The molecular formula is C31H42N4O7. The highest BCUT2D eigenvalue weighted by atomic mass is 16.6. The van der Waals surface area contributed by atoms with Gasteiger partial charge in [-0.3, -0.25) is 14.4 Å². The number of methoxy groups -OCH3 is 1. The fourth-order valence-corrected chi connectivity index (χ4v) is 4.52. The number of carbonyl (C=O) groups is 4. The number of primary amides is 1. The van der Waals surface area contributed by atoms with Crippen LogP contribution in [0.2, 0.25) is 0 Å². The second kappa shape index (κ2) is 13.2. The summed E-state index contributed by atoms with van der Waals surface area (Å²) >= 11 is 0. The number of nitrogens with zero attached hydrogens (tertiary/aromatic N) is 2. The van der Waals surface area contributed by atoms with Crippen LogP contribution in [0.15, 0.2) is 42.6 Å². The molecule has 1 aliphatic heterocycles. The number of amides is 3.